The molecule has 1 aromatic rings. The topological polar surface area (TPSA) is 90.8 Å². The molecule has 7 nitrogen and oxygen atoms in total. The van der Waals surface area contributed by atoms with Crippen LogP contribution in [-0.4, -0.2) is 50.4 Å². The summed E-state index contributed by atoms with van der Waals surface area (Å²) < 4.78 is 22.3. The molecule has 3 N–H and O–H groups in total. The maximum absolute atomic E-state index is 12.1. The maximum atomic E-state index is 12.1. The average Bonchev–Trinajstić information content (AvgIpc) is 2.88. The number of quaternary nitrogens is 1. The Morgan fingerprint density at radius 3 is 2.24 bits per heavy atom. The molecule has 0 bridgehead atoms. The number of esters is 1. The van der Waals surface area contributed by atoms with Crippen molar-refractivity contribution in [1.29, 1.82) is 0 Å². The highest BCUT2D eigenvalue weighted by molar-refractivity contribution is 7.40. The first-order valence-electron chi connectivity index (χ1n) is 14.5. The molecule has 2 unspecified atom stereocenters. The van der Waals surface area contributed by atoms with E-state index < -0.39 is 14.7 Å². The smallest absolute Gasteiger partial charge is 0.330 e. The minimum absolute atomic E-state index is 0.0807. The third-order valence-electron chi connectivity index (χ3n) is 6.11. The van der Waals surface area contributed by atoms with Gasteiger partial charge in [0, 0.05) is 12.8 Å². The number of rotatable bonds is 25. The average molecular weight is 543 g/mol. The highest BCUT2D eigenvalue weighted by Crippen LogP contribution is 2.33. The molecule has 1 aromatic carbocycles. The number of likely N-dealkylation sites (N-methyl/N-ethyl adjacent to an activating group) is 1. The van der Waals surface area contributed by atoms with Gasteiger partial charge in [0.1, 0.15) is 18.5 Å². The number of nitrogens with two attached hydrogens (primary N) is 1. The van der Waals surface area contributed by atoms with Crippen molar-refractivity contribution >= 4 is 14.6 Å². The summed E-state index contributed by atoms with van der Waals surface area (Å²) >= 11 is 0. The predicted octanol–water partition coefficient (Wildman–Crippen LogP) is 6.08. The van der Waals surface area contributed by atoms with Crippen LogP contribution in [0.25, 0.3) is 0 Å². The van der Waals surface area contributed by atoms with Gasteiger partial charge in [0.05, 0.1) is 26.8 Å². The fourth-order valence-electron chi connectivity index (χ4n) is 4.00. The Labute approximate surface area is 227 Å². The second-order valence-corrected chi connectivity index (χ2v) is 10.7. The molecule has 0 aromatic heterocycles. The Morgan fingerprint density at radius 1 is 0.919 bits per heavy atom. The van der Waals surface area contributed by atoms with E-state index in [0.29, 0.717) is 26.1 Å². The van der Waals surface area contributed by atoms with Crippen LogP contribution in [0.5, 0.6) is 5.75 Å². The lowest BCUT2D eigenvalue weighted by atomic mass is 10.1. The van der Waals surface area contributed by atoms with Gasteiger partial charge < -0.3 is 28.7 Å². The highest BCUT2D eigenvalue weighted by atomic mass is 31.2. The zero-order valence-electron chi connectivity index (χ0n) is 23.6. The van der Waals surface area contributed by atoms with E-state index in [4.69, 9.17) is 18.5 Å². The second-order valence-electron chi connectivity index (χ2n) is 9.66. The number of carbonyl (C=O) groups is 1. The van der Waals surface area contributed by atoms with Gasteiger partial charge in [-0.05, 0) is 30.5 Å². The molecule has 37 heavy (non-hydrogen) atoms. The highest BCUT2D eigenvalue weighted by Gasteiger charge is 2.19. The van der Waals surface area contributed by atoms with Crippen LogP contribution in [0.3, 0.4) is 0 Å². The van der Waals surface area contributed by atoms with Crippen LogP contribution >= 0.6 is 8.60 Å². The lowest BCUT2D eigenvalue weighted by Gasteiger charge is -2.20. The Morgan fingerprint density at radius 2 is 1.59 bits per heavy atom. The second kappa shape index (κ2) is 23.8. The summed E-state index contributed by atoms with van der Waals surface area (Å²) in [5.41, 5.74) is 0.998. The zero-order chi connectivity index (χ0) is 27.0. The van der Waals surface area contributed by atoms with Gasteiger partial charge in [0.2, 0.25) is 0 Å². The fraction of sp³-hybridized carbons (Fsp3) is 0.759. The number of unbranched alkanes of at least 4 members (excludes halogenated alkanes) is 10. The van der Waals surface area contributed by atoms with E-state index in [1.54, 1.807) is 0 Å². The minimum Gasteiger partial charge on any atom is -0.494 e. The zero-order valence-corrected chi connectivity index (χ0v) is 24.5. The number of ether oxygens (including phenoxy) is 2. The van der Waals surface area contributed by atoms with Gasteiger partial charge in [-0.1, -0.05) is 90.2 Å². The van der Waals surface area contributed by atoms with Gasteiger partial charge in [0.25, 0.3) is 0 Å². The third kappa shape index (κ3) is 19.5. The monoisotopic (exact) mass is 542 g/mol. The minimum atomic E-state index is -2.00. The van der Waals surface area contributed by atoms with Crippen molar-refractivity contribution in [2.75, 3.05) is 33.4 Å². The molecule has 0 heterocycles. The number of benzene rings is 1. The van der Waals surface area contributed by atoms with Gasteiger partial charge in [-0.25, -0.2) is 0 Å². The summed E-state index contributed by atoms with van der Waals surface area (Å²) in [4.78, 5) is 22.1. The van der Waals surface area contributed by atoms with Crippen LogP contribution in [0.2, 0.25) is 0 Å². The molecule has 0 amide bonds. The van der Waals surface area contributed by atoms with E-state index in [9.17, 15) is 9.69 Å². The largest absolute Gasteiger partial charge is 0.494 e. The van der Waals surface area contributed by atoms with Crippen molar-refractivity contribution in [3.8, 4) is 5.75 Å². The number of hydrogen-bond donors (Lipinski definition) is 2. The van der Waals surface area contributed by atoms with Crippen LogP contribution in [0.15, 0.2) is 24.3 Å². The molecule has 0 aliphatic carbocycles. The van der Waals surface area contributed by atoms with E-state index in [2.05, 4.69) is 6.92 Å². The van der Waals surface area contributed by atoms with E-state index in [0.717, 1.165) is 30.7 Å². The fourth-order valence-corrected chi connectivity index (χ4v) is 4.63. The van der Waals surface area contributed by atoms with E-state index >= 15 is 0 Å². The number of carbonyl (C=O) groups excluding carboxylic acids is 1. The van der Waals surface area contributed by atoms with E-state index in [1.165, 1.54) is 64.2 Å². The molecule has 0 aliphatic heterocycles. The molecular formula is C29H53NO6P+. The van der Waals surface area contributed by atoms with Crippen molar-refractivity contribution in [2.45, 2.75) is 110 Å². The Hall–Kier alpha value is -1.24. The molecule has 8 heteroatoms. The third-order valence-corrected chi connectivity index (χ3v) is 6.88. The quantitative estimate of drug-likeness (QED) is 0.0885. The van der Waals surface area contributed by atoms with Crippen molar-refractivity contribution < 1.29 is 33.5 Å². The van der Waals surface area contributed by atoms with Gasteiger partial charge in [0.15, 0.2) is 0 Å². The Bertz CT molecular complexity index is 678. The van der Waals surface area contributed by atoms with Crippen molar-refractivity contribution in [3.63, 3.8) is 0 Å². The predicted molar refractivity (Wildman–Crippen MR) is 151 cm³/mol. The lowest BCUT2D eigenvalue weighted by Crippen LogP contribution is -2.80. The van der Waals surface area contributed by atoms with Crippen molar-refractivity contribution in [3.05, 3.63) is 29.8 Å². The summed E-state index contributed by atoms with van der Waals surface area (Å²) in [6.45, 7) is 6.13. The van der Waals surface area contributed by atoms with Crippen molar-refractivity contribution in [1.82, 2.24) is 0 Å². The van der Waals surface area contributed by atoms with Crippen LogP contribution in [0, 0.1) is 0 Å². The molecular weight excluding hydrogens is 489 g/mol. The van der Waals surface area contributed by atoms with Gasteiger partial charge in [-0.2, -0.15) is 0 Å². The van der Waals surface area contributed by atoms with Gasteiger partial charge in [-0.15, -0.1) is 0 Å². The van der Waals surface area contributed by atoms with E-state index in [-0.39, 0.29) is 12.6 Å². The summed E-state index contributed by atoms with van der Waals surface area (Å²) in [5, 5.41) is 1.96. The molecule has 0 radical (unpaired) electrons. The van der Waals surface area contributed by atoms with Gasteiger partial charge >= 0.3 is 14.6 Å². The van der Waals surface area contributed by atoms with E-state index in [1.807, 2.05) is 43.6 Å². The summed E-state index contributed by atoms with van der Waals surface area (Å²) in [7, 11) is -0.0616. The standard InChI is InChI=1S/C29H52NO6P/c1-4-6-7-8-9-10-11-12-13-14-15-21-33-27-19-16-18-26(23-27)24-28(36-29(31)17-5-2)25-35-37(32)34-22-20-30-3/h16,18-19,23,28,30,32H,4-15,17,20-22,24-25H2,1-3H3/p+1. The summed E-state index contributed by atoms with van der Waals surface area (Å²) in [5.74, 6) is 0.566. The Balaban J connectivity index is 2.36. The first-order chi connectivity index (χ1) is 18.1. The van der Waals surface area contributed by atoms with Crippen LogP contribution in [-0.2, 0) is 25.0 Å². The van der Waals surface area contributed by atoms with Crippen LogP contribution < -0.4 is 10.1 Å². The van der Waals surface area contributed by atoms with Crippen LogP contribution in [0.1, 0.15) is 103 Å². The van der Waals surface area contributed by atoms with Gasteiger partial charge in [-0.3, -0.25) is 4.79 Å². The molecule has 0 fully saturated rings. The van der Waals surface area contributed by atoms with Crippen LogP contribution in [0.4, 0.5) is 0 Å². The normalized spacial score (nSPS) is 12.9. The molecule has 2 atom stereocenters. The summed E-state index contributed by atoms with van der Waals surface area (Å²) in [6.07, 6.45) is 15.5. The Kier molecular flexibility index (Phi) is 21.8. The first kappa shape index (κ1) is 33.8. The summed E-state index contributed by atoms with van der Waals surface area (Å²) in [6, 6.07) is 7.90. The maximum Gasteiger partial charge on any atom is 0.330 e. The molecule has 0 aliphatic rings. The lowest BCUT2D eigenvalue weighted by molar-refractivity contribution is -0.627. The molecule has 1 rings (SSSR count). The number of hydrogen-bond acceptors (Lipinski definition) is 6. The molecule has 0 spiro atoms. The molecule has 0 saturated carbocycles. The molecule has 0 saturated heterocycles. The SMILES string of the molecule is CCCCCCCCCCCCCOc1cccc(CC(COP(O)OCC[NH2+]C)OC(=O)CCC)c1. The van der Waals surface area contributed by atoms with Crippen molar-refractivity contribution in [2.24, 2.45) is 0 Å². The first-order valence-corrected chi connectivity index (χ1v) is 15.7. The molecule has 214 valence electrons.